The minimum absolute atomic E-state index is 0.299. The Kier molecular flexibility index (Phi) is 13.1. The Morgan fingerprint density at radius 2 is 1.08 bits per heavy atom. The van der Waals surface area contributed by atoms with Gasteiger partial charge < -0.3 is 14.8 Å². The molecule has 4 aromatic rings. The van der Waals surface area contributed by atoms with Crippen LogP contribution in [-0.4, -0.2) is 24.3 Å². The maximum Gasteiger partial charge on any atom is 0.492 e. The summed E-state index contributed by atoms with van der Waals surface area (Å²) in [7, 11) is 0.0208. The minimum Gasteiger partial charge on any atom is -0.497 e. The first-order valence-electron chi connectivity index (χ1n) is 10.5. The van der Waals surface area contributed by atoms with E-state index < -0.39 is 30.4 Å². The average molecular weight is 848 g/mol. The number of ether oxygens (including phenoxy) is 1. The highest BCUT2D eigenvalue weighted by Crippen LogP contribution is 2.29. The Labute approximate surface area is 253 Å². The third-order valence-corrected chi connectivity index (χ3v) is 7.37. The number of benzene rings is 4. The molecule has 0 unspecified atom stereocenters. The third-order valence-electron chi connectivity index (χ3n) is 4.88. The van der Waals surface area contributed by atoms with Gasteiger partial charge >= 0.3 is 7.12 Å². The monoisotopic (exact) mass is 848 g/mol. The molecule has 0 saturated carbocycles. The predicted molar refractivity (Wildman–Crippen MR) is 164 cm³/mol. The molecule has 0 atom stereocenters. The van der Waals surface area contributed by atoms with Crippen LogP contribution < -0.4 is 10.2 Å². The van der Waals surface area contributed by atoms with E-state index in [1.807, 2.05) is 25.1 Å². The van der Waals surface area contributed by atoms with Gasteiger partial charge in [0.25, 0.3) is 0 Å². The number of methoxy groups -OCH3 is 1. The number of aryl methyl sites for hydroxylation is 1. The summed E-state index contributed by atoms with van der Waals surface area (Å²) in [5.41, 5.74) is 2.36. The molecule has 0 aliphatic heterocycles. The largest absolute Gasteiger partial charge is 0.497 e. The molecule has 0 bridgehead atoms. The van der Waals surface area contributed by atoms with E-state index in [2.05, 4.69) is 0 Å². The first-order chi connectivity index (χ1) is 17.5. The molecule has 0 aliphatic rings. The van der Waals surface area contributed by atoms with Crippen LogP contribution >= 0.6 is 67.8 Å². The third kappa shape index (κ3) is 8.80. The van der Waals surface area contributed by atoms with E-state index in [9.17, 15) is 17.6 Å². The molecule has 2 N–H and O–H groups in total. The van der Waals surface area contributed by atoms with Crippen LogP contribution in [0.4, 0.5) is 17.6 Å². The van der Waals surface area contributed by atoms with Crippen LogP contribution in [0.1, 0.15) is 5.56 Å². The quantitative estimate of drug-likeness (QED) is 0.0762. The van der Waals surface area contributed by atoms with Crippen LogP contribution in [0.2, 0.25) is 0 Å². The summed E-state index contributed by atoms with van der Waals surface area (Å²) in [4.78, 5) is 0. The van der Waals surface area contributed by atoms with Crippen molar-refractivity contribution in [1.82, 2.24) is 0 Å². The van der Waals surface area contributed by atoms with Crippen molar-refractivity contribution < 1.29 is 32.3 Å². The summed E-state index contributed by atoms with van der Waals surface area (Å²) >= 11 is 5.28. The SMILES string of the molecule is COc1ccccc1B(O)O.Cc1ccccc1-c1ccc(I)c(F)c1F.Fc1c(I)ccc(I)c1F. The van der Waals surface area contributed by atoms with E-state index in [-0.39, 0.29) is 0 Å². The van der Waals surface area contributed by atoms with Gasteiger partial charge in [-0.05, 0) is 110 Å². The van der Waals surface area contributed by atoms with Gasteiger partial charge in [0.2, 0.25) is 0 Å². The lowest BCUT2D eigenvalue weighted by atomic mass is 9.80. The van der Waals surface area contributed by atoms with Crippen molar-refractivity contribution in [2.75, 3.05) is 7.11 Å². The van der Waals surface area contributed by atoms with Gasteiger partial charge in [0.15, 0.2) is 23.3 Å². The molecular weight excluding hydrogens is 828 g/mol. The van der Waals surface area contributed by atoms with Crippen molar-refractivity contribution in [1.29, 1.82) is 0 Å². The summed E-state index contributed by atoms with van der Waals surface area (Å²) in [5.74, 6) is -2.58. The molecule has 194 valence electrons. The number of hydrogen-bond acceptors (Lipinski definition) is 3. The molecule has 37 heavy (non-hydrogen) atoms. The highest BCUT2D eigenvalue weighted by Gasteiger charge is 2.15. The predicted octanol–water partition coefficient (Wildman–Crippen LogP) is 7.09. The molecule has 0 heterocycles. The molecular formula is C26H20BF4I3O3. The molecule has 0 amide bonds. The summed E-state index contributed by atoms with van der Waals surface area (Å²) in [5, 5.41) is 17.6. The van der Waals surface area contributed by atoms with E-state index >= 15 is 0 Å². The van der Waals surface area contributed by atoms with Crippen molar-refractivity contribution in [3.8, 4) is 16.9 Å². The fourth-order valence-electron chi connectivity index (χ4n) is 2.99. The second-order valence-corrected chi connectivity index (χ2v) is 10.8. The average Bonchev–Trinajstić information content (AvgIpc) is 2.90. The van der Waals surface area contributed by atoms with E-state index in [0.29, 0.717) is 27.5 Å². The fourth-order valence-corrected chi connectivity index (χ4v) is 4.24. The van der Waals surface area contributed by atoms with Gasteiger partial charge in [0.05, 0.1) is 17.8 Å². The number of halogens is 7. The van der Waals surface area contributed by atoms with Gasteiger partial charge in [0.1, 0.15) is 5.75 Å². The van der Waals surface area contributed by atoms with E-state index in [1.54, 1.807) is 122 Å². The highest BCUT2D eigenvalue weighted by atomic mass is 127. The minimum atomic E-state index is -1.47. The summed E-state index contributed by atoms with van der Waals surface area (Å²) < 4.78 is 58.2. The Morgan fingerprint density at radius 3 is 1.57 bits per heavy atom. The van der Waals surface area contributed by atoms with Gasteiger partial charge in [-0.1, -0.05) is 48.5 Å². The van der Waals surface area contributed by atoms with Gasteiger partial charge in [0, 0.05) is 11.0 Å². The van der Waals surface area contributed by atoms with Crippen LogP contribution in [0.3, 0.4) is 0 Å². The van der Waals surface area contributed by atoms with Crippen LogP contribution in [0.15, 0.2) is 72.8 Å². The summed E-state index contributed by atoms with van der Waals surface area (Å²) in [6, 6.07) is 20.4. The number of hydrogen-bond donors (Lipinski definition) is 2. The van der Waals surface area contributed by atoms with Crippen molar-refractivity contribution in [3.63, 3.8) is 0 Å². The summed E-state index contributed by atoms with van der Waals surface area (Å²) in [6.45, 7) is 1.88. The summed E-state index contributed by atoms with van der Waals surface area (Å²) in [6.07, 6.45) is 0. The number of para-hydroxylation sites is 1. The van der Waals surface area contributed by atoms with Gasteiger partial charge in [-0.2, -0.15) is 0 Å². The topological polar surface area (TPSA) is 49.7 Å². The zero-order valence-electron chi connectivity index (χ0n) is 19.5. The molecule has 0 spiro atoms. The van der Waals surface area contributed by atoms with Gasteiger partial charge in [-0.15, -0.1) is 0 Å². The molecule has 0 aliphatic carbocycles. The lowest BCUT2D eigenvalue weighted by Gasteiger charge is -2.08. The Hall–Kier alpha value is -1.43. The van der Waals surface area contributed by atoms with Gasteiger partial charge in [-0.3, -0.25) is 0 Å². The van der Waals surface area contributed by atoms with Crippen LogP contribution in [-0.2, 0) is 0 Å². The molecule has 3 nitrogen and oxygen atoms in total. The molecule has 11 heteroatoms. The van der Waals surface area contributed by atoms with Crippen LogP contribution in [0.5, 0.6) is 5.75 Å². The molecule has 0 saturated heterocycles. The molecule has 0 radical (unpaired) electrons. The highest BCUT2D eigenvalue weighted by molar-refractivity contribution is 14.1. The fraction of sp³-hybridized carbons (Fsp3) is 0.0769. The van der Waals surface area contributed by atoms with Crippen molar-refractivity contribution >= 4 is 80.4 Å². The Balaban J connectivity index is 0.000000203. The maximum atomic E-state index is 13.7. The van der Waals surface area contributed by atoms with Gasteiger partial charge in [-0.25, -0.2) is 17.6 Å². The Bertz CT molecular complexity index is 1330. The van der Waals surface area contributed by atoms with Crippen molar-refractivity contribution in [3.05, 3.63) is 112 Å². The van der Waals surface area contributed by atoms with Crippen LogP contribution in [0.25, 0.3) is 11.1 Å². The van der Waals surface area contributed by atoms with E-state index in [1.165, 1.54) is 7.11 Å². The lowest BCUT2D eigenvalue weighted by Crippen LogP contribution is -2.30. The number of rotatable bonds is 3. The lowest BCUT2D eigenvalue weighted by molar-refractivity contribution is 0.403. The Morgan fingerprint density at radius 1 is 0.622 bits per heavy atom. The second-order valence-electron chi connectivity index (χ2n) is 7.31. The molecule has 4 aromatic carbocycles. The van der Waals surface area contributed by atoms with Crippen molar-refractivity contribution in [2.24, 2.45) is 0 Å². The molecule has 0 aromatic heterocycles. The standard InChI is InChI=1S/C13H9F2I.C7H9BO3.C6H2F2I2/c1-8-4-2-3-5-9(8)10-6-7-11(16)13(15)12(10)14;1-11-7-5-3-2-4-6(7)8(9)10;7-5-3(9)1-2-4(10)6(5)8/h2-7H,1H3;2-5,9-10H,1H3;1-2H. The normalized spacial score (nSPS) is 10.0. The molecule has 0 fully saturated rings. The van der Waals surface area contributed by atoms with E-state index in [0.717, 1.165) is 11.1 Å². The maximum absolute atomic E-state index is 13.7. The first kappa shape index (κ1) is 31.8. The molecule has 4 rings (SSSR count). The smallest absolute Gasteiger partial charge is 0.492 e. The second kappa shape index (κ2) is 15.2. The van der Waals surface area contributed by atoms with E-state index in [4.69, 9.17) is 14.8 Å². The zero-order chi connectivity index (χ0) is 27.7. The van der Waals surface area contributed by atoms with Crippen molar-refractivity contribution in [2.45, 2.75) is 6.92 Å². The van der Waals surface area contributed by atoms with Crippen LogP contribution in [0, 0.1) is 40.9 Å². The first-order valence-corrected chi connectivity index (χ1v) is 13.7. The zero-order valence-corrected chi connectivity index (χ0v) is 25.9.